The van der Waals surface area contributed by atoms with Gasteiger partial charge < -0.3 is 4.18 Å². The SMILES string of the molecule is CC(C)(C)[C@@H]1CC=C(OS(=O)(=O)C(F)(F)F)CC1. The molecule has 0 saturated heterocycles. The Bertz CT molecular complexity index is 429. The fourth-order valence-electron chi connectivity index (χ4n) is 1.86. The van der Waals surface area contributed by atoms with Gasteiger partial charge in [-0.25, -0.2) is 0 Å². The third kappa shape index (κ3) is 3.63. The molecule has 1 aliphatic carbocycles. The number of hydrogen-bond acceptors (Lipinski definition) is 3. The molecule has 0 saturated carbocycles. The first kappa shape index (κ1) is 15.3. The van der Waals surface area contributed by atoms with Crippen molar-refractivity contribution in [3.8, 4) is 0 Å². The largest absolute Gasteiger partial charge is 0.534 e. The Morgan fingerprint density at radius 2 is 1.83 bits per heavy atom. The van der Waals surface area contributed by atoms with E-state index in [9.17, 15) is 21.6 Å². The van der Waals surface area contributed by atoms with E-state index in [-0.39, 0.29) is 17.6 Å². The van der Waals surface area contributed by atoms with Crippen molar-refractivity contribution in [1.82, 2.24) is 0 Å². The Labute approximate surface area is 105 Å². The number of hydrogen-bond donors (Lipinski definition) is 0. The zero-order valence-corrected chi connectivity index (χ0v) is 11.4. The second-order valence-electron chi connectivity index (χ2n) is 5.49. The van der Waals surface area contributed by atoms with E-state index in [0.29, 0.717) is 18.8 Å². The standard InChI is InChI=1S/C11H17F3O3S/c1-10(2,3)8-4-6-9(7-5-8)17-18(15,16)11(12,13)14/h6,8H,4-5,7H2,1-3H3/t8-/m1/s1. The summed E-state index contributed by atoms with van der Waals surface area (Å²) in [5.74, 6) is 0.214. The van der Waals surface area contributed by atoms with Gasteiger partial charge in [0.25, 0.3) is 0 Å². The van der Waals surface area contributed by atoms with Crippen LogP contribution in [-0.2, 0) is 14.3 Å². The molecule has 0 aliphatic heterocycles. The maximum Gasteiger partial charge on any atom is 0.534 e. The molecule has 0 unspecified atom stereocenters. The highest BCUT2D eigenvalue weighted by atomic mass is 32.2. The molecule has 106 valence electrons. The summed E-state index contributed by atoms with van der Waals surface area (Å²) in [7, 11) is -5.52. The molecular formula is C11H17F3O3S. The molecule has 1 aliphatic rings. The topological polar surface area (TPSA) is 43.4 Å². The Morgan fingerprint density at radius 1 is 1.28 bits per heavy atom. The van der Waals surface area contributed by atoms with Crippen LogP contribution in [0.25, 0.3) is 0 Å². The molecule has 18 heavy (non-hydrogen) atoms. The van der Waals surface area contributed by atoms with Crippen molar-refractivity contribution in [2.45, 2.75) is 45.5 Å². The molecule has 0 aromatic heterocycles. The Hall–Kier alpha value is -0.720. The molecule has 0 spiro atoms. The summed E-state index contributed by atoms with van der Waals surface area (Å²) in [6, 6.07) is 0. The number of halogens is 3. The van der Waals surface area contributed by atoms with Crippen molar-refractivity contribution in [3.05, 3.63) is 11.8 Å². The lowest BCUT2D eigenvalue weighted by molar-refractivity contribution is -0.0525. The molecule has 0 bridgehead atoms. The van der Waals surface area contributed by atoms with E-state index < -0.39 is 15.6 Å². The van der Waals surface area contributed by atoms with Gasteiger partial charge in [-0.2, -0.15) is 21.6 Å². The van der Waals surface area contributed by atoms with Gasteiger partial charge in [-0.05, 0) is 30.3 Å². The van der Waals surface area contributed by atoms with Gasteiger partial charge in [-0.15, -0.1) is 0 Å². The molecule has 0 fully saturated rings. The summed E-state index contributed by atoms with van der Waals surface area (Å²) in [6.07, 6.45) is 2.83. The minimum absolute atomic E-state index is 0.0466. The first-order valence-electron chi connectivity index (χ1n) is 5.63. The summed E-state index contributed by atoms with van der Waals surface area (Å²) >= 11 is 0. The molecule has 7 heteroatoms. The van der Waals surface area contributed by atoms with Gasteiger partial charge in [0.05, 0.1) is 0 Å². The van der Waals surface area contributed by atoms with Crippen LogP contribution in [0.2, 0.25) is 0 Å². The molecule has 0 aromatic rings. The molecule has 3 nitrogen and oxygen atoms in total. The van der Waals surface area contributed by atoms with E-state index in [1.165, 1.54) is 6.08 Å². The number of allylic oxidation sites excluding steroid dienone is 2. The zero-order valence-electron chi connectivity index (χ0n) is 10.5. The van der Waals surface area contributed by atoms with Gasteiger partial charge in [0.1, 0.15) is 5.76 Å². The van der Waals surface area contributed by atoms with E-state index in [1.807, 2.05) is 20.8 Å². The predicted octanol–water partition coefficient (Wildman–Crippen LogP) is 3.58. The second-order valence-corrected chi connectivity index (χ2v) is 7.03. The van der Waals surface area contributed by atoms with Crippen LogP contribution >= 0.6 is 0 Å². The summed E-state index contributed by atoms with van der Waals surface area (Å²) in [6.45, 7) is 6.14. The smallest absolute Gasteiger partial charge is 0.381 e. The van der Waals surface area contributed by atoms with Crippen LogP contribution in [0.15, 0.2) is 11.8 Å². The van der Waals surface area contributed by atoms with Crippen LogP contribution in [0, 0.1) is 11.3 Å². The fraction of sp³-hybridized carbons (Fsp3) is 0.818. The van der Waals surface area contributed by atoms with Crippen molar-refractivity contribution in [2.24, 2.45) is 11.3 Å². The summed E-state index contributed by atoms with van der Waals surface area (Å²) < 4.78 is 62.1. The molecule has 0 amide bonds. The molecule has 0 radical (unpaired) electrons. The van der Waals surface area contributed by atoms with Gasteiger partial charge >= 0.3 is 15.6 Å². The van der Waals surface area contributed by atoms with E-state index in [2.05, 4.69) is 4.18 Å². The molecule has 1 atom stereocenters. The average molecular weight is 286 g/mol. The maximum atomic E-state index is 12.1. The number of alkyl halides is 3. The second kappa shape index (κ2) is 4.75. The third-order valence-corrected chi connectivity index (χ3v) is 4.09. The van der Waals surface area contributed by atoms with Crippen molar-refractivity contribution in [1.29, 1.82) is 0 Å². The normalized spacial score (nSPS) is 22.6. The van der Waals surface area contributed by atoms with Gasteiger partial charge in [-0.1, -0.05) is 20.8 Å². The average Bonchev–Trinajstić information content (AvgIpc) is 2.14. The fourth-order valence-corrected chi connectivity index (χ4v) is 2.39. The van der Waals surface area contributed by atoms with Crippen molar-refractivity contribution >= 4 is 10.1 Å². The minimum atomic E-state index is -5.52. The lowest BCUT2D eigenvalue weighted by Gasteiger charge is -2.32. The Morgan fingerprint density at radius 3 is 2.17 bits per heavy atom. The van der Waals surface area contributed by atoms with Crippen LogP contribution < -0.4 is 0 Å². The third-order valence-electron chi connectivity index (χ3n) is 3.09. The van der Waals surface area contributed by atoms with Crippen molar-refractivity contribution < 1.29 is 25.8 Å². The maximum absolute atomic E-state index is 12.1. The van der Waals surface area contributed by atoms with E-state index in [4.69, 9.17) is 0 Å². The Kier molecular flexibility index (Phi) is 4.05. The molecule has 1 rings (SSSR count). The van der Waals surface area contributed by atoms with Crippen LogP contribution in [0.3, 0.4) is 0 Å². The number of rotatable bonds is 2. The van der Waals surface area contributed by atoms with E-state index in [0.717, 1.165) is 0 Å². The summed E-state index contributed by atoms with van der Waals surface area (Å²) in [5.41, 5.74) is -5.32. The predicted molar refractivity (Wildman–Crippen MR) is 60.9 cm³/mol. The van der Waals surface area contributed by atoms with Crippen LogP contribution in [0.4, 0.5) is 13.2 Å². The van der Waals surface area contributed by atoms with Crippen molar-refractivity contribution in [3.63, 3.8) is 0 Å². The highest BCUT2D eigenvalue weighted by molar-refractivity contribution is 7.87. The quantitative estimate of drug-likeness (QED) is 0.575. The first-order valence-corrected chi connectivity index (χ1v) is 7.04. The highest BCUT2D eigenvalue weighted by Gasteiger charge is 2.49. The first-order chi connectivity index (χ1) is 7.93. The van der Waals surface area contributed by atoms with Crippen molar-refractivity contribution in [2.75, 3.05) is 0 Å². The van der Waals surface area contributed by atoms with Gasteiger partial charge in [0.2, 0.25) is 0 Å². The monoisotopic (exact) mass is 286 g/mol. The summed E-state index contributed by atoms with van der Waals surface area (Å²) in [4.78, 5) is 0. The van der Waals surface area contributed by atoms with E-state index in [1.54, 1.807) is 0 Å². The molecule has 0 heterocycles. The molecular weight excluding hydrogens is 269 g/mol. The van der Waals surface area contributed by atoms with Gasteiger partial charge in [0, 0.05) is 6.42 Å². The van der Waals surface area contributed by atoms with Gasteiger partial charge in [0.15, 0.2) is 0 Å². The van der Waals surface area contributed by atoms with Gasteiger partial charge in [-0.3, -0.25) is 0 Å². The lowest BCUT2D eigenvalue weighted by Crippen LogP contribution is -2.27. The highest BCUT2D eigenvalue weighted by Crippen LogP contribution is 2.38. The molecule has 0 aromatic carbocycles. The Balaban J connectivity index is 2.72. The minimum Gasteiger partial charge on any atom is -0.381 e. The van der Waals surface area contributed by atoms with Crippen LogP contribution in [0.5, 0.6) is 0 Å². The zero-order chi connectivity index (χ0) is 14.2. The van der Waals surface area contributed by atoms with Crippen LogP contribution in [0.1, 0.15) is 40.0 Å². The van der Waals surface area contributed by atoms with Crippen LogP contribution in [-0.4, -0.2) is 13.9 Å². The summed E-state index contributed by atoms with van der Waals surface area (Å²) in [5, 5.41) is 0. The van der Waals surface area contributed by atoms with E-state index >= 15 is 0 Å². The lowest BCUT2D eigenvalue weighted by atomic mass is 9.74. The molecule has 0 N–H and O–H groups in total.